The predicted molar refractivity (Wildman–Crippen MR) is 94.2 cm³/mol. The fraction of sp³-hybridized carbons (Fsp3) is 0.200. The van der Waals surface area contributed by atoms with Gasteiger partial charge in [-0.15, -0.1) is 0 Å². The van der Waals surface area contributed by atoms with Crippen LogP contribution in [0.4, 0.5) is 0 Å². The zero-order valence-corrected chi connectivity index (χ0v) is 13.9. The third-order valence-corrected chi connectivity index (χ3v) is 3.32. The fourth-order valence-corrected chi connectivity index (χ4v) is 1.95. The Morgan fingerprint density at radius 2 is 1.71 bits per heavy atom. The highest BCUT2D eigenvalue weighted by molar-refractivity contribution is 5.92. The first-order chi connectivity index (χ1) is 11.6. The standard InChI is InChI=1S/C20H21NO3/c1-15(2)20(23)24-18-11-7-6-10-17(18)12-13-19(22)21-14-16-8-4-3-5-9-16/h3-13,15H,14H2,1-2H3,(H,21,22)/b13-12-. The summed E-state index contributed by atoms with van der Waals surface area (Å²) in [7, 11) is 0. The smallest absolute Gasteiger partial charge is 0.313 e. The third-order valence-electron chi connectivity index (χ3n) is 3.32. The van der Waals surface area contributed by atoms with Gasteiger partial charge < -0.3 is 10.1 Å². The van der Waals surface area contributed by atoms with Gasteiger partial charge in [0.25, 0.3) is 0 Å². The first-order valence-electron chi connectivity index (χ1n) is 7.87. The summed E-state index contributed by atoms with van der Waals surface area (Å²) >= 11 is 0. The van der Waals surface area contributed by atoms with Crippen LogP contribution in [0.2, 0.25) is 0 Å². The molecule has 0 aliphatic heterocycles. The number of hydrogen-bond acceptors (Lipinski definition) is 3. The topological polar surface area (TPSA) is 55.4 Å². The van der Waals surface area contributed by atoms with Gasteiger partial charge in [-0.05, 0) is 17.7 Å². The lowest BCUT2D eigenvalue weighted by Gasteiger charge is -2.09. The normalized spacial score (nSPS) is 10.8. The Kier molecular flexibility index (Phi) is 6.32. The van der Waals surface area contributed by atoms with Crippen LogP contribution in [0.5, 0.6) is 5.75 Å². The third kappa shape index (κ3) is 5.39. The lowest BCUT2D eigenvalue weighted by atomic mass is 10.1. The number of esters is 1. The van der Waals surface area contributed by atoms with E-state index in [0.717, 1.165) is 5.56 Å². The van der Waals surface area contributed by atoms with Crippen molar-refractivity contribution in [3.63, 3.8) is 0 Å². The molecule has 0 radical (unpaired) electrons. The molecule has 1 amide bonds. The average molecular weight is 323 g/mol. The molecule has 0 saturated carbocycles. The van der Waals surface area contributed by atoms with E-state index in [4.69, 9.17) is 4.74 Å². The molecular formula is C20H21NO3. The molecule has 1 N–H and O–H groups in total. The van der Waals surface area contributed by atoms with E-state index < -0.39 is 0 Å². The number of ether oxygens (including phenoxy) is 1. The van der Waals surface area contributed by atoms with Gasteiger partial charge in [0.05, 0.1) is 5.92 Å². The van der Waals surface area contributed by atoms with Crippen LogP contribution in [0, 0.1) is 5.92 Å². The molecule has 0 spiro atoms. The van der Waals surface area contributed by atoms with Crippen LogP contribution in [0.25, 0.3) is 6.08 Å². The number of rotatable bonds is 6. The number of amides is 1. The van der Waals surface area contributed by atoms with Crippen molar-refractivity contribution in [2.24, 2.45) is 5.92 Å². The van der Waals surface area contributed by atoms with Gasteiger partial charge in [-0.25, -0.2) is 0 Å². The molecular weight excluding hydrogens is 302 g/mol. The first-order valence-corrected chi connectivity index (χ1v) is 7.87. The second-order valence-corrected chi connectivity index (χ2v) is 5.65. The van der Waals surface area contributed by atoms with Gasteiger partial charge >= 0.3 is 5.97 Å². The number of nitrogens with one attached hydrogen (secondary N) is 1. The van der Waals surface area contributed by atoms with Crippen LogP contribution in [0.3, 0.4) is 0 Å². The lowest BCUT2D eigenvalue weighted by molar-refractivity contribution is -0.137. The summed E-state index contributed by atoms with van der Waals surface area (Å²) in [6.07, 6.45) is 3.08. The van der Waals surface area contributed by atoms with E-state index in [2.05, 4.69) is 5.32 Å². The fourth-order valence-electron chi connectivity index (χ4n) is 1.95. The molecule has 0 bridgehead atoms. The molecule has 2 aromatic rings. The summed E-state index contributed by atoms with van der Waals surface area (Å²) in [4.78, 5) is 23.7. The quantitative estimate of drug-likeness (QED) is 0.502. The Balaban J connectivity index is 1.98. The number of benzene rings is 2. The summed E-state index contributed by atoms with van der Waals surface area (Å²) in [5, 5.41) is 2.81. The Hall–Kier alpha value is -2.88. The van der Waals surface area contributed by atoms with Gasteiger partial charge in [-0.3, -0.25) is 9.59 Å². The van der Waals surface area contributed by atoms with E-state index in [-0.39, 0.29) is 17.8 Å². The van der Waals surface area contributed by atoms with Gasteiger partial charge in [0, 0.05) is 18.2 Å². The van der Waals surface area contributed by atoms with E-state index in [1.54, 1.807) is 38.1 Å². The largest absolute Gasteiger partial charge is 0.426 e. The Morgan fingerprint density at radius 3 is 2.42 bits per heavy atom. The highest BCUT2D eigenvalue weighted by Gasteiger charge is 2.11. The number of carbonyl (C=O) groups excluding carboxylic acids is 2. The Morgan fingerprint density at radius 1 is 1.04 bits per heavy atom. The van der Waals surface area contributed by atoms with Crippen LogP contribution >= 0.6 is 0 Å². The zero-order valence-electron chi connectivity index (χ0n) is 13.9. The van der Waals surface area contributed by atoms with Crippen LogP contribution < -0.4 is 10.1 Å². The van der Waals surface area contributed by atoms with Crippen LogP contribution in [0.1, 0.15) is 25.0 Å². The highest BCUT2D eigenvalue weighted by Crippen LogP contribution is 2.20. The summed E-state index contributed by atoms with van der Waals surface area (Å²) in [6.45, 7) is 4.02. The van der Waals surface area contributed by atoms with Crippen molar-refractivity contribution in [2.45, 2.75) is 20.4 Å². The van der Waals surface area contributed by atoms with Crippen molar-refractivity contribution in [1.29, 1.82) is 0 Å². The molecule has 0 fully saturated rings. The maximum Gasteiger partial charge on any atom is 0.313 e. The Bertz CT molecular complexity index is 721. The second kappa shape index (κ2) is 8.67. The van der Waals surface area contributed by atoms with Crippen LogP contribution in [-0.2, 0) is 16.1 Å². The molecule has 124 valence electrons. The van der Waals surface area contributed by atoms with Crippen molar-refractivity contribution in [3.8, 4) is 5.75 Å². The van der Waals surface area contributed by atoms with Crippen molar-refractivity contribution >= 4 is 18.0 Å². The van der Waals surface area contributed by atoms with Crippen molar-refractivity contribution in [3.05, 3.63) is 71.8 Å². The van der Waals surface area contributed by atoms with Crippen molar-refractivity contribution in [1.82, 2.24) is 5.32 Å². The second-order valence-electron chi connectivity index (χ2n) is 5.65. The molecule has 24 heavy (non-hydrogen) atoms. The molecule has 4 nitrogen and oxygen atoms in total. The van der Waals surface area contributed by atoms with Crippen LogP contribution in [0.15, 0.2) is 60.7 Å². The zero-order chi connectivity index (χ0) is 17.4. The van der Waals surface area contributed by atoms with Gasteiger partial charge in [0.15, 0.2) is 0 Å². The minimum absolute atomic E-state index is 0.205. The SMILES string of the molecule is CC(C)C(=O)Oc1ccccc1/C=C\C(=O)NCc1ccccc1. The molecule has 2 aromatic carbocycles. The summed E-state index contributed by atoms with van der Waals surface area (Å²) < 4.78 is 5.35. The first kappa shape index (κ1) is 17.5. The minimum Gasteiger partial charge on any atom is -0.426 e. The van der Waals surface area contributed by atoms with Gasteiger partial charge in [0.2, 0.25) is 5.91 Å². The molecule has 4 heteroatoms. The molecule has 0 saturated heterocycles. The average Bonchev–Trinajstić information content (AvgIpc) is 2.60. The van der Waals surface area contributed by atoms with Crippen LogP contribution in [-0.4, -0.2) is 11.9 Å². The van der Waals surface area contributed by atoms with Gasteiger partial charge in [0.1, 0.15) is 5.75 Å². The van der Waals surface area contributed by atoms with E-state index in [1.165, 1.54) is 6.08 Å². The van der Waals surface area contributed by atoms with E-state index >= 15 is 0 Å². The summed E-state index contributed by atoms with van der Waals surface area (Å²) in [5.41, 5.74) is 1.71. The monoisotopic (exact) mass is 323 g/mol. The molecule has 0 unspecified atom stereocenters. The number of hydrogen-bond donors (Lipinski definition) is 1. The molecule has 0 aliphatic rings. The maximum atomic E-state index is 11.9. The summed E-state index contributed by atoms with van der Waals surface area (Å²) in [6, 6.07) is 16.8. The van der Waals surface area contributed by atoms with Crippen molar-refractivity contribution < 1.29 is 14.3 Å². The van der Waals surface area contributed by atoms with Gasteiger partial charge in [-0.1, -0.05) is 62.4 Å². The number of carbonyl (C=O) groups is 2. The van der Waals surface area contributed by atoms with E-state index in [1.807, 2.05) is 36.4 Å². The predicted octanol–water partition coefficient (Wildman–Crippen LogP) is 3.58. The molecule has 0 heterocycles. The molecule has 0 atom stereocenters. The van der Waals surface area contributed by atoms with E-state index in [0.29, 0.717) is 17.9 Å². The summed E-state index contributed by atoms with van der Waals surface area (Å²) in [5.74, 6) is -0.271. The minimum atomic E-state index is -0.302. The number of para-hydroxylation sites is 1. The molecule has 0 aliphatic carbocycles. The maximum absolute atomic E-state index is 11.9. The van der Waals surface area contributed by atoms with Crippen molar-refractivity contribution in [2.75, 3.05) is 0 Å². The van der Waals surface area contributed by atoms with E-state index in [9.17, 15) is 9.59 Å². The molecule has 0 aromatic heterocycles. The highest BCUT2D eigenvalue weighted by atomic mass is 16.5. The Labute approximate surface area is 142 Å². The lowest BCUT2D eigenvalue weighted by Crippen LogP contribution is -2.20. The van der Waals surface area contributed by atoms with Gasteiger partial charge in [-0.2, -0.15) is 0 Å². The molecule has 2 rings (SSSR count).